The summed E-state index contributed by atoms with van der Waals surface area (Å²) in [6.45, 7) is 2.23. The van der Waals surface area contributed by atoms with Gasteiger partial charge in [-0.05, 0) is 6.42 Å². The lowest BCUT2D eigenvalue weighted by molar-refractivity contribution is 0.109. The summed E-state index contributed by atoms with van der Waals surface area (Å²) in [6, 6.07) is 1.09. The highest BCUT2D eigenvalue weighted by Gasteiger charge is 2.16. The molecule has 0 fully saturated rings. The SMILES string of the molecule is CCCn1ccc(=O)n(OCP(=O)(O)O)c1=O. The third kappa shape index (κ3) is 3.85. The number of rotatable bonds is 5. The lowest BCUT2D eigenvalue weighted by Crippen LogP contribution is -2.43. The van der Waals surface area contributed by atoms with Gasteiger partial charge in [-0.25, -0.2) is 4.79 Å². The Balaban J connectivity index is 3.06. The lowest BCUT2D eigenvalue weighted by Gasteiger charge is -2.10. The fourth-order valence-electron chi connectivity index (χ4n) is 1.16. The normalized spacial score (nSPS) is 11.5. The van der Waals surface area contributed by atoms with Crippen molar-refractivity contribution in [2.45, 2.75) is 19.9 Å². The molecule has 0 bridgehead atoms. The monoisotopic (exact) mass is 264 g/mol. The zero-order valence-electron chi connectivity index (χ0n) is 9.15. The minimum atomic E-state index is -4.43. The molecule has 2 N–H and O–H groups in total. The van der Waals surface area contributed by atoms with E-state index in [0.29, 0.717) is 17.7 Å². The van der Waals surface area contributed by atoms with Crippen molar-refractivity contribution >= 4 is 7.60 Å². The average Bonchev–Trinajstić information content (AvgIpc) is 2.21. The van der Waals surface area contributed by atoms with Crippen LogP contribution in [0.15, 0.2) is 21.9 Å². The first-order valence-electron chi connectivity index (χ1n) is 4.85. The second-order valence-corrected chi connectivity index (χ2v) is 4.93. The summed E-state index contributed by atoms with van der Waals surface area (Å²) in [6.07, 6.45) is 0.973. The third-order valence-electron chi connectivity index (χ3n) is 1.84. The lowest BCUT2D eigenvalue weighted by atomic mass is 10.5. The summed E-state index contributed by atoms with van der Waals surface area (Å²) in [4.78, 5) is 44.6. The van der Waals surface area contributed by atoms with Gasteiger partial charge in [0.2, 0.25) is 6.35 Å². The van der Waals surface area contributed by atoms with Crippen molar-refractivity contribution < 1.29 is 19.2 Å². The Morgan fingerprint density at radius 2 is 2.06 bits per heavy atom. The van der Waals surface area contributed by atoms with Crippen LogP contribution in [0.5, 0.6) is 0 Å². The molecule has 0 atom stereocenters. The Morgan fingerprint density at radius 3 is 2.59 bits per heavy atom. The van der Waals surface area contributed by atoms with E-state index in [-0.39, 0.29) is 0 Å². The second-order valence-electron chi connectivity index (χ2n) is 3.35. The summed E-state index contributed by atoms with van der Waals surface area (Å²) in [5.41, 5.74) is -1.52. The molecule has 0 radical (unpaired) electrons. The molecule has 0 aliphatic heterocycles. The van der Waals surface area contributed by atoms with Crippen LogP contribution in [-0.4, -0.2) is 25.4 Å². The Kier molecular flexibility index (Phi) is 4.28. The fourth-order valence-corrected chi connectivity index (χ4v) is 1.42. The summed E-state index contributed by atoms with van der Waals surface area (Å²) >= 11 is 0. The van der Waals surface area contributed by atoms with Crippen molar-refractivity contribution in [1.29, 1.82) is 0 Å². The van der Waals surface area contributed by atoms with E-state index in [1.54, 1.807) is 0 Å². The number of hydrogen-bond donors (Lipinski definition) is 2. The maximum absolute atomic E-state index is 11.6. The molecule has 96 valence electrons. The van der Waals surface area contributed by atoms with Gasteiger partial charge >= 0.3 is 13.3 Å². The van der Waals surface area contributed by atoms with Crippen molar-refractivity contribution in [3.63, 3.8) is 0 Å². The van der Waals surface area contributed by atoms with Gasteiger partial charge in [0.05, 0.1) is 0 Å². The number of nitrogens with zero attached hydrogens (tertiary/aromatic N) is 2. The van der Waals surface area contributed by atoms with Crippen molar-refractivity contribution in [3.8, 4) is 0 Å². The van der Waals surface area contributed by atoms with Gasteiger partial charge in [0.1, 0.15) is 0 Å². The highest BCUT2D eigenvalue weighted by atomic mass is 31.2. The molecule has 0 aliphatic rings. The predicted octanol–water partition coefficient (Wildman–Crippen LogP) is -1.02. The molecule has 0 unspecified atom stereocenters. The maximum atomic E-state index is 11.6. The van der Waals surface area contributed by atoms with Gasteiger partial charge in [-0.2, -0.15) is 0 Å². The van der Waals surface area contributed by atoms with Crippen molar-refractivity contribution in [1.82, 2.24) is 9.30 Å². The van der Waals surface area contributed by atoms with Crippen molar-refractivity contribution in [2.75, 3.05) is 6.35 Å². The minimum Gasteiger partial charge on any atom is -0.393 e. The Labute approximate surface area is 96.2 Å². The molecular weight excluding hydrogens is 251 g/mol. The molecule has 0 aliphatic carbocycles. The van der Waals surface area contributed by atoms with E-state index < -0.39 is 25.2 Å². The highest BCUT2D eigenvalue weighted by molar-refractivity contribution is 7.51. The topological polar surface area (TPSA) is 111 Å². The maximum Gasteiger partial charge on any atom is 0.365 e. The average molecular weight is 264 g/mol. The van der Waals surface area contributed by atoms with Crippen LogP contribution in [0, 0.1) is 0 Å². The van der Waals surface area contributed by atoms with Gasteiger partial charge in [-0.15, -0.1) is 0 Å². The first-order chi connectivity index (χ1) is 7.85. The molecule has 17 heavy (non-hydrogen) atoms. The summed E-state index contributed by atoms with van der Waals surface area (Å²) in [7, 11) is -4.43. The highest BCUT2D eigenvalue weighted by Crippen LogP contribution is 2.32. The van der Waals surface area contributed by atoms with Gasteiger partial charge in [-0.3, -0.25) is 13.9 Å². The smallest absolute Gasteiger partial charge is 0.365 e. The number of aromatic nitrogens is 2. The van der Waals surface area contributed by atoms with E-state index in [2.05, 4.69) is 4.84 Å². The first kappa shape index (κ1) is 13.7. The van der Waals surface area contributed by atoms with Gasteiger partial charge in [-0.1, -0.05) is 11.7 Å². The molecule has 8 nitrogen and oxygen atoms in total. The Bertz CT molecular complexity index is 542. The molecule has 9 heteroatoms. The van der Waals surface area contributed by atoms with Crippen LogP contribution in [0.25, 0.3) is 0 Å². The Hall–Kier alpha value is -1.37. The zero-order valence-corrected chi connectivity index (χ0v) is 10.0. The number of aryl methyl sites for hydroxylation is 1. The third-order valence-corrected chi connectivity index (χ3v) is 2.29. The quantitative estimate of drug-likeness (QED) is 0.659. The standard InChI is InChI=1S/C8H13N2O6P/c1-2-4-9-5-3-7(11)10(8(9)12)16-6-17(13,14)15/h3,5H,2,4,6H2,1H3,(H2,13,14,15). The van der Waals surface area contributed by atoms with Crippen LogP contribution < -0.4 is 16.1 Å². The van der Waals surface area contributed by atoms with Gasteiger partial charge in [0.25, 0.3) is 5.56 Å². The zero-order chi connectivity index (χ0) is 13.1. The van der Waals surface area contributed by atoms with Gasteiger partial charge in [0.15, 0.2) is 0 Å². The van der Waals surface area contributed by atoms with E-state index in [4.69, 9.17) is 9.79 Å². The molecule has 1 aromatic rings. The first-order valence-corrected chi connectivity index (χ1v) is 6.65. The van der Waals surface area contributed by atoms with Crippen LogP contribution in [0.4, 0.5) is 0 Å². The van der Waals surface area contributed by atoms with E-state index >= 15 is 0 Å². The summed E-state index contributed by atoms with van der Waals surface area (Å²) < 4.78 is 12.1. The molecule has 0 amide bonds. The van der Waals surface area contributed by atoms with Crippen LogP contribution in [-0.2, 0) is 11.1 Å². The van der Waals surface area contributed by atoms with Gasteiger partial charge in [0, 0.05) is 18.8 Å². The molecule has 1 heterocycles. The van der Waals surface area contributed by atoms with Gasteiger partial charge < -0.3 is 14.6 Å². The van der Waals surface area contributed by atoms with Crippen molar-refractivity contribution in [3.05, 3.63) is 33.1 Å². The molecular formula is C8H13N2O6P. The molecule has 0 aromatic carbocycles. The van der Waals surface area contributed by atoms with Crippen LogP contribution in [0.2, 0.25) is 0 Å². The van der Waals surface area contributed by atoms with E-state index in [0.717, 1.165) is 6.07 Å². The molecule has 1 rings (SSSR count). The largest absolute Gasteiger partial charge is 0.393 e. The van der Waals surface area contributed by atoms with E-state index in [9.17, 15) is 14.2 Å². The summed E-state index contributed by atoms with van der Waals surface area (Å²) in [5.74, 6) is 0. The number of hydrogen-bond acceptors (Lipinski definition) is 4. The molecule has 0 saturated carbocycles. The minimum absolute atomic E-state index is 0.342. The van der Waals surface area contributed by atoms with Crippen LogP contribution in [0.1, 0.15) is 13.3 Å². The second kappa shape index (κ2) is 5.31. The molecule has 1 aromatic heterocycles. The van der Waals surface area contributed by atoms with Crippen LogP contribution >= 0.6 is 7.60 Å². The summed E-state index contributed by atoms with van der Waals surface area (Å²) in [5, 5.41) is 0. The fraction of sp³-hybridized carbons (Fsp3) is 0.500. The molecule has 0 spiro atoms. The predicted molar refractivity (Wildman–Crippen MR) is 58.7 cm³/mol. The molecule has 0 saturated heterocycles. The van der Waals surface area contributed by atoms with Crippen LogP contribution in [0.3, 0.4) is 0 Å². The van der Waals surface area contributed by atoms with E-state index in [1.165, 1.54) is 10.8 Å². The van der Waals surface area contributed by atoms with Crippen molar-refractivity contribution in [2.24, 2.45) is 0 Å². The van der Waals surface area contributed by atoms with E-state index in [1.807, 2.05) is 6.92 Å². The Morgan fingerprint density at radius 1 is 1.41 bits per heavy atom.